The molecule has 0 atom stereocenters. The van der Waals surface area contributed by atoms with Crippen molar-refractivity contribution in [3.05, 3.63) is 35.4 Å². The summed E-state index contributed by atoms with van der Waals surface area (Å²) in [5, 5.41) is 3.01. The molecule has 0 aliphatic carbocycles. The molecular weight excluding hydrogens is 248 g/mol. The Kier molecular flexibility index (Phi) is 6.06. The standard InChI is InChI=1S/C17H26N2O/c1-2-15-7-9-16(10-8-15)17(20)18-11-6-14-19-12-4-3-5-13-19/h7-10H,2-6,11-14H2,1H3,(H,18,20). The Morgan fingerprint density at radius 1 is 1.15 bits per heavy atom. The van der Waals surface area contributed by atoms with E-state index in [-0.39, 0.29) is 5.91 Å². The highest BCUT2D eigenvalue weighted by Gasteiger charge is 2.09. The van der Waals surface area contributed by atoms with Gasteiger partial charge in [0.2, 0.25) is 0 Å². The summed E-state index contributed by atoms with van der Waals surface area (Å²) in [5.41, 5.74) is 2.03. The van der Waals surface area contributed by atoms with E-state index in [1.54, 1.807) is 0 Å². The summed E-state index contributed by atoms with van der Waals surface area (Å²) in [7, 11) is 0. The largest absolute Gasteiger partial charge is 0.352 e. The van der Waals surface area contributed by atoms with Crippen LogP contribution in [-0.4, -0.2) is 37.0 Å². The molecular formula is C17H26N2O. The highest BCUT2D eigenvalue weighted by Crippen LogP contribution is 2.08. The summed E-state index contributed by atoms with van der Waals surface area (Å²) in [4.78, 5) is 14.5. The lowest BCUT2D eigenvalue weighted by Gasteiger charge is -2.26. The zero-order valence-corrected chi connectivity index (χ0v) is 12.5. The maximum absolute atomic E-state index is 12.0. The van der Waals surface area contributed by atoms with Gasteiger partial charge in [-0.3, -0.25) is 4.79 Å². The summed E-state index contributed by atoms with van der Waals surface area (Å²) in [6.45, 7) is 6.45. The second-order valence-corrected chi connectivity index (χ2v) is 5.56. The Morgan fingerprint density at radius 3 is 2.50 bits per heavy atom. The van der Waals surface area contributed by atoms with Gasteiger partial charge < -0.3 is 10.2 Å². The zero-order valence-electron chi connectivity index (χ0n) is 12.5. The molecule has 1 aliphatic rings. The molecule has 1 fully saturated rings. The maximum Gasteiger partial charge on any atom is 0.251 e. The number of carbonyl (C=O) groups excluding carboxylic acids is 1. The molecule has 1 aliphatic heterocycles. The summed E-state index contributed by atoms with van der Waals surface area (Å²) < 4.78 is 0. The molecule has 1 heterocycles. The van der Waals surface area contributed by atoms with Crippen LogP contribution in [0.25, 0.3) is 0 Å². The molecule has 0 saturated carbocycles. The first-order valence-corrected chi connectivity index (χ1v) is 7.89. The molecule has 1 N–H and O–H groups in total. The monoisotopic (exact) mass is 274 g/mol. The van der Waals surface area contributed by atoms with E-state index in [0.29, 0.717) is 0 Å². The van der Waals surface area contributed by atoms with Gasteiger partial charge in [-0.05, 0) is 63.0 Å². The van der Waals surface area contributed by atoms with E-state index in [1.807, 2.05) is 24.3 Å². The van der Waals surface area contributed by atoms with E-state index in [4.69, 9.17) is 0 Å². The first-order valence-electron chi connectivity index (χ1n) is 7.89. The van der Waals surface area contributed by atoms with E-state index >= 15 is 0 Å². The highest BCUT2D eigenvalue weighted by atomic mass is 16.1. The molecule has 0 bridgehead atoms. The summed E-state index contributed by atoms with van der Waals surface area (Å²) in [5.74, 6) is 0.0475. The van der Waals surface area contributed by atoms with Gasteiger partial charge >= 0.3 is 0 Å². The summed E-state index contributed by atoms with van der Waals surface area (Å²) in [6, 6.07) is 7.89. The Labute approximate surface area is 122 Å². The SMILES string of the molecule is CCc1ccc(C(=O)NCCCN2CCCCC2)cc1. The predicted molar refractivity (Wildman–Crippen MR) is 83.1 cm³/mol. The fourth-order valence-corrected chi connectivity index (χ4v) is 2.68. The third-order valence-corrected chi connectivity index (χ3v) is 4.01. The van der Waals surface area contributed by atoms with Crippen LogP contribution in [0.2, 0.25) is 0 Å². The van der Waals surface area contributed by atoms with Crippen LogP contribution < -0.4 is 5.32 Å². The van der Waals surface area contributed by atoms with Crippen molar-refractivity contribution in [2.45, 2.75) is 39.0 Å². The predicted octanol–water partition coefficient (Wildman–Crippen LogP) is 2.85. The lowest BCUT2D eigenvalue weighted by atomic mass is 10.1. The first-order chi connectivity index (χ1) is 9.79. The number of hydrogen-bond acceptors (Lipinski definition) is 2. The topological polar surface area (TPSA) is 32.3 Å². The number of nitrogens with one attached hydrogen (secondary N) is 1. The van der Waals surface area contributed by atoms with Crippen molar-refractivity contribution in [2.24, 2.45) is 0 Å². The van der Waals surface area contributed by atoms with Gasteiger partial charge in [-0.1, -0.05) is 25.5 Å². The summed E-state index contributed by atoms with van der Waals surface area (Å²) in [6.07, 6.45) is 6.09. The number of carbonyl (C=O) groups is 1. The molecule has 3 nitrogen and oxygen atoms in total. The number of aryl methyl sites for hydroxylation is 1. The van der Waals surface area contributed by atoms with E-state index in [2.05, 4.69) is 17.1 Å². The van der Waals surface area contributed by atoms with Gasteiger partial charge in [-0.25, -0.2) is 0 Å². The molecule has 1 aromatic rings. The van der Waals surface area contributed by atoms with Crippen LogP contribution in [0.15, 0.2) is 24.3 Å². The molecule has 2 rings (SSSR count). The van der Waals surface area contributed by atoms with Gasteiger partial charge in [-0.2, -0.15) is 0 Å². The third-order valence-electron chi connectivity index (χ3n) is 4.01. The molecule has 1 amide bonds. The average molecular weight is 274 g/mol. The fraction of sp³-hybridized carbons (Fsp3) is 0.588. The number of likely N-dealkylation sites (tertiary alicyclic amines) is 1. The Hall–Kier alpha value is -1.35. The quantitative estimate of drug-likeness (QED) is 0.809. The van der Waals surface area contributed by atoms with E-state index < -0.39 is 0 Å². The Balaban J connectivity index is 1.66. The van der Waals surface area contributed by atoms with Crippen LogP contribution in [0.1, 0.15) is 48.5 Å². The van der Waals surface area contributed by atoms with Crippen molar-refractivity contribution in [3.63, 3.8) is 0 Å². The lowest BCUT2D eigenvalue weighted by Crippen LogP contribution is -2.33. The third kappa shape index (κ3) is 4.64. The van der Waals surface area contributed by atoms with Gasteiger partial charge in [0, 0.05) is 12.1 Å². The molecule has 1 saturated heterocycles. The molecule has 0 aromatic heterocycles. The van der Waals surface area contributed by atoms with E-state index in [1.165, 1.54) is 37.9 Å². The van der Waals surface area contributed by atoms with Crippen LogP contribution in [-0.2, 0) is 6.42 Å². The minimum absolute atomic E-state index is 0.0475. The summed E-state index contributed by atoms with van der Waals surface area (Å²) >= 11 is 0. The maximum atomic E-state index is 12.0. The number of rotatable bonds is 6. The normalized spacial score (nSPS) is 16.1. The number of piperidine rings is 1. The van der Waals surface area contributed by atoms with E-state index in [0.717, 1.165) is 31.5 Å². The van der Waals surface area contributed by atoms with Gasteiger partial charge in [0.25, 0.3) is 5.91 Å². The fourth-order valence-electron chi connectivity index (χ4n) is 2.68. The zero-order chi connectivity index (χ0) is 14.2. The Bertz CT molecular complexity index is 408. The molecule has 1 aromatic carbocycles. The Morgan fingerprint density at radius 2 is 1.85 bits per heavy atom. The van der Waals surface area contributed by atoms with Crippen LogP contribution >= 0.6 is 0 Å². The van der Waals surface area contributed by atoms with Crippen molar-refractivity contribution in [1.82, 2.24) is 10.2 Å². The van der Waals surface area contributed by atoms with Crippen molar-refractivity contribution in [1.29, 1.82) is 0 Å². The van der Waals surface area contributed by atoms with E-state index in [9.17, 15) is 4.79 Å². The molecule has 3 heteroatoms. The van der Waals surface area contributed by atoms with Crippen molar-refractivity contribution < 1.29 is 4.79 Å². The van der Waals surface area contributed by atoms with Crippen LogP contribution in [0.3, 0.4) is 0 Å². The van der Waals surface area contributed by atoms with Gasteiger partial charge in [0.15, 0.2) is 0 Å². The van der Waals surface area contributed by atoms with Crippen molar-refractivity contribution in [2.75, 3.05) is 26.2 Å². The number of amides is 1. The van der Waals surface area contributed by atoms with Gasteiger partial charge in [-0.15, -0.1) is 0 Å². The average Bonchev–Trinajstić information content (AvgIpc) is 2.52. The van der Waals surface area contributed by atoms with Crippen molar-refractivity contribution >= 4 is 5.91 Å². The second-order valence-electron chi connectivity index (χ2n) is 5.56. The number of benzene rings is 1. The smallest absolute Gasteiger partial charge is 0.251 e. The molecule has 0 spiro atoms. The van der Waals surface area contributed by atoms with Crippen LogP contribution in [0.4, 0.5) is 0 Å². The second kappa shape index (κ2) is 8.05. The molecule has 110 valence electrons. The van der Waals surface area contributed by atoms with Gasteiger partial charge in [0.1, 0.15) is 0 Å². The van der Waals surface area contributed by atoms with Gasteiger partial charge in [0.05, 0.1) is 0 Å². The lowest BCUT2D eigenvalue weighted by molar-refractivity contribution is 0.0951. The first kappa shape index (κ1) is 15.0. The minimum atomic E-state index is 0.0475. The number of nitrogens with zero attached hydrogens (tertiary/aromatic N) is 1. The van der Waals surface area contributed by atoms with Crippen LogP contribution in [0.5, 0.6) is 0 Å². The molecule has 0 radical (unpaired) electrons. The molecule has 0 unspecified atom stereocenters. The minimum Gasteiger partial charge on any atom is -0.352 e. The molecule has 20 heavy (non-hydrogen) atoms. The van der Waals surface area contributed by atoms with Crippen molar-refractivity contribution in [3.8, 4) is 0 Å². The highest BCUT2D eigenvalue weighted by molar-refractivity contribution is 5.94. The number of hydrogen-bond donors (Lipinski definition) is 1. The van der Waals surface area contributed by atoms with Crippen LogP contribution in [0, 0.1) is 0 Å².